The Balaban J connectivity index is 2.00. The third-order valence-corrected chi connectivity index (χ3v) is 3.13. The fourth-order valence-electron chi connectivity index (χ4n) is 2.22. The molecule has 2 unspecified atom stereocenters. The zero-order valence-corrected chi connectivity index (χ0v) is 12.1. The summed E-state index contributed by atoms with van der Waals surface area (Å²) in [7, 11) is 0. The van der Waals surface area contributed by atoms with Gasteiger partial charge in [-0.2, -0.15) is 0 Å². The van der Waals surface area contributed by atoms with Crippen molar-refractivity contribution in [1.82, 2.24) is 5.32 Å². The van der Waals surface area contributed by atoms with Gasteiger partial charge in [0.15, 0.2) is 0 Å². The highest BCUT2D eigenvalue weighted by Crippen LogP contribution is 2.23. The molecule has 0 aromatic heterocycles. The third kappa shape index (κ3) is 3.87. The summed E-state index contributed by atoms with van der Waals surface area (Å²) in [5.41, 5.74) is 1.50. The third-order valence-electron chi connectivity index (χ3n) is 3.13. The van der Waals surface area contributed by atoms with Crippen molar-refractivity contribution in [1.29, 1.82) is 0 Å². The van der Waals surface area contributed by atoms with Crippen molar-refractivity contribution in [3.05, 3.63) is 29.8 Å². The summed E-state index contributed by atoms with van der Waals surface area (Å²) >= 11 is 0. The van der Waals surface area contributed by atoms with E-state index >= 15 is 0 Å². The summed E-state index contributed by atoms with van der Waals surface area (Å²) in [6.07, 6.45) is 0.117. The molecule has 0 bridgehead atoms. The zero-order chi connectivity index (χ0) is 14.8. The van der Waals surface area contributed by atoms with Crippen molar-refractivity contribution in [2.24, 2.45) is 0 Å². The van der Waals surface area contributed by atoms with E-state index in [1.165, 1.54) is 0 Å². The number of hydrogen-bond donors (Lipinski definition) is 3. The largest absolute Gasteiger partial charge is 0.444 e. The highest BCUT2D eigenvalue weighted by atomic mass is 16.6. The number of alkyl carbamates (subject to hydrolysis) is 1. The number of hydrogen-bond acceptors (Lipinski definition) is 4. The van der Waals surface area contributed by atoms with Crippen LogP contribution in [-0.2, 0) is 11.2 Å². The number of aliphatic hydroxyl groups excluding tert-OH is 1. The number of fused-ring (bicyclic) bond motifs is 1. The summed E-state index contributed by atoms with van der Waals surface area (Å²) in [6, 6.07) is 7.45. The van der Waals surface area contributed by atoms with Crippen molar-refractivity contribution in [3.63, 3.8) is 0 Å². The number of para-hydroxylation sites is 1. The minimum Gasteiger partial charge on any atom is -0.444 e. The average Bonchev–Trinajstić information content (AvgIpc) is 2.47. The summed E-state index contributed by atoms with van der Waals surface area (Å²) in [5, 5.41) is 15.9. The molecule has 1 aromatic carbocycles. The average molecular weight is 278 g/mol. The maximum Gasteiger partial charge on any atom is 0.408 e. The molecule has 1 aromatic rings. The van der Waals surface area contributed by atoms with Crippen molar-refractivity contribution in [2.45, 2.75) is 51.5 Å². The number of rotatable bonds is 1. The molecule has 2 rings (SSSR count). The normalized spacial score (nSPS) is 22.2. The van der Waals surface area contributed by atoms with E-state index in [4.69, 9.17) is 4.74 Å². The van der Waals surface area contributed by atoms with Gasteiger partial charge in [-0.05, 0) is 45.2 Å². The van der Waals surface area contributed by atoms with Crippen molar-refractivity contribution >= 4 is 11.8 Å². The summed E-state index contributed by atoms with van der Waals surface area (Å²) in [6.45, 7) is 5.43. The van der Waals surface area contributed by atoms with Crippen LogP contribution in [0.1, 0.15) is 32.8 Å². The molecule has 0 radical (unpaired) electrons. The lowest BCUT2D eigenvalue weighted by Crippen LogP contribution is -2.47. The van der Waals surface area contributed by atoms with Gasteiger partial charge in [0.2, 0.25) is 0 Å². The van der Waals surface area contributed by atoms with Crippen LogP contribution >= 0.6 is 0 Å². The number of amides is 1. The summed E-state index contributed by atoms with van der Waals surface area (Å²) in [5.74, 6) is 0. The van der Waals surface area contributed by atoms with Gasteiger partial charge in [-0.25, -0.2) is 4.79 Å². The van der Waals surface area contributed by atoms with Gasteiger partial charge >= 0.3 is 6.09 Å². The Morgan fingerprint density at radius 2 is 2.10 bits per heavy atom. The van der Waals surface area contributed by atoms with E-state index in [1.54, 1.807) is 0 Å². The Morgan fingerprint density at radius 3 is 2.80 bits per heavy atom. The number of carbonyl (C=O) groups is 1. The van der Waals surface area contributed by atoms with Gasteiger partial charge in [0.1, 0.15) is 11.8 Å². The molecule has 2 atom stereocenters. The molecule has 0 fully saturated rings. The van der Waals surface area contributed by atoms with Crippen LogP contribution in [0.15, 0.2) is 24.3 Å². The van der Waals surface area contributed by atoms with E-state index in [-0.39, 0.29) is 6.04 Å². The van der Waals surface area contributed by atoms with E-state index in [9.17, 15) is 9.90 Å². The quantitative estimate of drug-likeness (QED) is 0.737. The first-order valence-electron chi connectivity index (χ1n) is 6.87. The molecule has 5 heteroatoms. The Kier molecular flexibility index (Phi) is 4.18. The predicted octanol–water partition coefficient (Wildman–Crippen LogP) is 2.26. The molecular formula is C15H22N2O3. The molecule has 0 saturated heterocycles. The second kappa shape index (κ2) is 5.71. The maximum atomic E-state index is 11.8. The lowest BCUT2D eigenvalue weighted by molar-refractivity contribution is 0.0440. The number of nitrogens with one attached hydrogen (secondary N) is 2. The molecule has 0 saturated carbocycles. The van der Waals surface area contributed by atoms with Gasteiger partial charge in [-0.15, -0.1) is 0 Å². The highest BCUT2D eigenvalue weighted by Gasteiger charge is 2.27. The van der Waals surface area contributed by atoms with Gasteiger partial charge in [0.05, 0.1) is 6.04 Å². The molecule has 5 nitrogen and oxygen atoms in total. The number of carbonyl (C=O) groups excluding carboxylic acids is 1. The van der Waals surface area contributed by atoms with Gasteiger partial charge in [0.25, 0.3) is 0 Å². The molecule has 1 aliphatic rings. The van der Waals surface area contributed by atoms with Crippen molar-refractivity contribution in [3.8, 4) is 0 Å². The molecule has 3 N–H and O–H groups in total. The first-order chi connectivity index (χ1) is 9.35. The number of aliphatic hydroxyl groups is 1. The first-order valence-corrected chi connectivity index (χ1v) is 6.87. The fraction of sp³-hybridized carbons (Fsp3) is 0.533. The van der Waals surface area contributed by atoms with Crippen LogP contribution in [-0.4, -0.2) is 29.1 Å². The van der Waals surface area contributed by atoms with E-state index in [1.807, 2.05) is 45.0 Å². The van der Waals surface area contributed by atoms with Gasteiger partial charge in [-0.3, -0.25) is 0 Å². The van der Waals surface area contributed by atoms with Crippen LogP contribution in [0.3, 0.4) is 0 Å². The minimum absolute atomic E-state index is 0.378. The molecule has 110 valence electrons. The van der Waals surface area contributed by atoms with Crippen LogP contribution in [0.4, 0.5) is 10.5 Å². The number of ether oxygens (including phenoxy) is 1. The highest BCUT2D eigenvalue weighted by molar-refractivity contribution is 5.68. The second-order valence-corrected chi connectivity index (χ2v) is 6.04. The molecule has 1 heterocycles. The number of benzene rings is 1. The van der Waals surface area contributed by atoms with Crippen LogP contribution in [0.25, 0.3) is 0 Å². The molecule has 0 aliphatic carbocycles. The Bertz CT molecular complexity index is 482. The van der Waals surface area contributed by atoms with Crippen molar-refractivity contribution in [2.75, 3.05) is 5.32 Å². The van der Waals surface area contributed by atoms with Crippen LogP contribution in [0.2, 0.25) is 0 Å². The van der Waals surface area contributed by atoms with E-state index in [0.29, 0.717) is 6.42 Å². The van der Waals surface area contributed by atoms with Gasteiger partial charge < -0.3 is 20.5 Å². The minimum atomic E-state index is -0.828. The fourth-order valence-corrected chi connectivity index (χ4v) is 2.22. The van der Waals surface area contributed by atoms with Gasteiger partial charge in [-0.1, -0.05) is 18.2 Å². The number of anilines is 1. The van der Waals surface area contributed by atoms with E-state index in [2.05, 4.69) is 10.6 Å². The summed E-state index contributed by atoms with van der Waals surface area (Å²) in [4.78, 5) is 11.8. The zero-order valence-electron chi connectivity index (χ0n) is 12.1. The lowest BCUT2D eigenvalue weighted by atomic mass is 10.1. The first kappa shape index (κ1) is 14.7. The Hall–Kier alpha value is -1.75. The molecular weight excluding hydrogens is 256 g/mol. The smallest absolute Gasteiger partial charge is 0.408 e. The summed E-state index contributed by atoms with van der Waals surface area (Å²) < 4.78 is 5.22. The van der Waals surface area contributed by atoms with Crippen LogP contribution < -0.4 is 10.6 Å². The lowest BCUT2D eigenvalue weighted by Gasteiger charge is -2.25. The van der Waals surface area contributed by atoms with Gasteiger partial charge in [0, 0.05) is 5.69 Å². The molecule has 1 amide bonds. The van der Waals surface area contributed by atoms with E-state index in [0.717, 1.165) is 17.7 Å². The van der Waals surface area contributed by atoms with E-state index < -0.39 is 17.9 Å². The standard InChI is InChI=1S/C15H22N2O3/c1-15(2,3)20-14(19)17-12-9-8-10-6-4-5-7-11(10)16-13(12)18/h4-7,12-13,16,18H,8-9H2,1-3H3,(H,17,19). The maximum absolute atomic E-state index is 11.8. The van der Waals surface area contributed by atoms with Crippen LogP contribution in [0, 0.1) is 0 Å². The monoisotopic (exact) mass is 278 g/mol. The molecule has 20 heavy (non-hydrogen) atoms. The topological polar surface area (TPSA) is 70.6 Å². The van der Waals surface area contributed by atoms with Crippen molar-refractivity contribution < 1.29 is 14.6 Å². The predicted molar refractivity (Wildman–Crippen MR) is 77.6 cm³/mol. The molecule has 0 spiro atoms. The second-order valence-electron chi connectivity index (χ2n) is 6.04. The SMILES string of the molecule is CC(C)(C)OC(=O)NC1CCc2ccccc2NC1O. The number of aryl methyl sites for hydroxylation is 1. The Labute approximate surface area is 119 Å². The molecule has 1 aliphatic heterocycles. The Morgan fingerprint density at radius 1 is 1.40 bits per heavy atom. The van der Waals surface area contributed by atoms with Crippen LogP contribution in [0.5, 0.6) is 0 Å².